The molecule has 37 heavy (non-hydrogen) atoms. The average Bonchev–Trinajstić information content (AvgIpc) is 3.35. The summed E-state index contributed by atoms with van der Waals surface area (Å²) in [5, 5.41) is 4.34. The number of aromatic nitrogens is 1. The van der Waals surface area contributed by atoms with Crippen LogP contribution in [-0.4, -0.2) is 46.8 Å². The van der Waals surface area contributed by atoms with E-state index in [4.69, 9.17) is 27.9 Å². The number of para-hydroxylation sites is 1. The van der Waals surface area contributed by atoms with Gasteiger partial charge in [-0.25, -0.2) is 0 Å². The van der Waals surface area contributed by atoms with Gasteiger partial charge in [-0.15, -0.1) is 0 Å². The van der Waals surface area contributed by atoms with E-state index in [0.717, 1.165) is 46.6 Å². The van der Waals surface area contributed by atoms with E-state index in [1.54, 1.807) is 31.4 Å². The molecule has 1 aliphatic heterocycles. The Morgan fingerprint density at radius 3 is 2.70 bits per heavy atom. The Kier molecular flexibility index (Phi) is 8.97. The van der Waals surface area contributed by atoms with Crippen molar-refractivity contribution in [2.24, 2.45) is 0 Å². The van der Waals surface area contributed by atoms with Crippen LogP contribution in [0.4, 0.5) is 4.79 Å². The first kappa shape index (κ1) is 27.3. The molecule has 0 spiro atoms. The number of imide groups is 1. The topological polar surface area (TPSA) is 80.6 Å². The monoisotopic (exact) mass is 559 g/mol. The SMILES string of the molecule is CCc1cccc2c(/C=C3\SC(=O)N(Cc4ccc(Cl)cc4Cl)C3=O)cn(CC(=O)NCCCOC)c12. The van der Waals surface area contributed by atoms with E-state index in [0.29, 0.717) is 33.7 Å². The van der Waals surface area contributed by atoms with Crippen molar-refractivity contribution in [1.29, 1.82) is 0 Å². The Balaban J connectivity index is 1.61. The molecule has 0 unspecified atom stereocenters. The molecule has 1 N–H and O–H groups in total. The van der Waals surface area contributed by atoms with Crippen LogP contribution in [0.3, 0.4) is 0 Å². The van der Waals surface area contributed by atoms with Crippen molar-refractivity contribution >= 4 is 69.0 Å². The third kappa shape index (κ3) is 6.21. The fraction of sp³-hybridized carbons (Fsp3) is 0.296. The Morgan fingerprint density at radius 2 is 1.97 bits per heavy atom. The van der Waals surface area contributed by atoms with E-state index in [1.807, 2.05) is 29.0 Å². The number of thioether (sulfide) groups is 1. The van der Waals surface area contributed by atoms with Gasteiger partial charge < -0.3 is 14.6 Å². The summed E-state index contributed by atoms with van der Waals surface area (Å²) in [5.74, 6) is -0.491. The van der Waals surface area contributed by atoms with Crippen LogP contribution in [0.2, 0.25) is 10.0 Å². The molecular weight excluding hydrogens is 533 g/mol. The number of hydrogen-bond acceptors (Lipinski definition) is 5. The summed E-state index contributed by atoms with van der Waals surface area (Å²) in [7, 11) is 1.63. The summed E-state index contributed by atoms with van der Waals surface area (Å²) < 4.78 is 6.94. The van der Waals surface area contributed by atoms with Crippen LogP contribution >= 0.6 is 35.0 Å². The van der Waals surface area contributed by atoms with Gasteiger partial charge in [0.05, 0.1) is 17.0 Å². The third-order valence-corrected chi connectivity index (χ3v) is 7.55. The lowest BCUT2D eigenvalue weighted by Gasteiger charge is -2.13. The molecule has 0 atom stereocenters. The quantitative estimate of drug-likeness (QED) is 0.247. The van der Waals surface area contributed by atoms with Gasteiger partial charge in [-0.05, 0) is 53.9 Å². The second-order valence-corrected chi connectivity index (χ2v) is 10.4. The van der Waals surface area contributed by atoms with Gasteiger partial charge in [-0.2, -0.15) is 0 Å². The minimum absolute atomic E-state index is 0.0585. The number of benzene rings is 2. The molecule has 1 aliphatic rings. The maximum absolute atomic E-state index is 13.2. The highest BCUT2D eigenvalue weighted by Gasteiger charge is 2.35. The molecule has 0 radical (unpaired) electrons. The Bertz CT molecular complexity index is 1390. The highest BCUT2D eigenvalue weighted by Crippen LogP contribution is 2.36. The Labute approximate surface area is 229 Å². The molecule has 0 aliphatic carbocycles. The summed E-state index contributed by atoms with van der Waals surface area (Å²) >= 11 is 13.1. The molecule has 194 valence electrons. The predicted octanol–water partition coefficient (Wildman–Crippen LogP) is 5.90. The van der Waals surface area contributed by atoms with E-state index in [1.165, 1.54) is 4.90 Å². The van der Waals surface area contributed by atoms with Crippen molar-refractivity contribution in [1.82, 2.24) is 14.8 Å². The number of nitrogens with one attached hydrogen (secondary N) is 1. The number of nitrogens with zero attached hydrogens (tertiary/aromatic N) is 2. The van der Waals surface area contributed by atoms with E-state index in [2.05, 4.69) is 12.2 Å². The lowest BCUT2D eigenvalue weighted by atomic mass is 10.1. The van der Waals surface area contributed by atoms with E-state index in [-0.39, 0.29) is 30.1 Å². The van der Waals surface area contributed by atoms with Gasteiger partial charge in [0.15, 0.2) is 0 Å². The van der Waals surface area contributed by atoms with Crippen LogP contribution in [0.1, 0.15) is 30.0 Å². The van der Waals surface area contributed by atoms with Crippen molar-refractivity contribution in [3.63, 3.8) is 0 Å². The number of hydrogen-bond donors (Lipinski definition) is 1. The van der Waals surface area contributed by atoms with Crippen LogP contribution in [0.5, 0.6) is 0 Å². The van der Waals surface area contributed by atoms with Crippen molar-refractivity contribution in [2.45, 2.75) is 32.9 Å². The fourth-order valence-electron chi connectivity index (χ4n) is 4.24. The summed E-state index contributed by atoms with van der Waals surface area (Å²) in [5.41, 5.74) is 3.44. The highest BCUT2D eigenvalue weighted by atomic mass is 35.5. The lowest BCUT2D eigenvalue weighted by Crippen LogP contribution is -2.28. The number of methoxy groups -OCH3 is 1. The normalized spacial score (nSPS) is 14.8. The molecule has 1 saturated heterocycles. The minimum atomic E-state index is -0.385. The van der Waals surface area contributed by atoms with E-state index in [9.17, 15) is 14.4 Å². The maximum atomic E-state index is 13.2. The molecule has 0 saturated carbocycles. The smallest absolute Gasteiger partial charge is 0.293 e. The summed E-state index contributed by atoms with van der Waals surface area (Å²) in [6.45, 7) is 3.37. The Hall–Kier alpha value is -2.78. The molecule has 1 aromatic heterocycles. The van der Waals surface area contributed by atoms with Crippen LogP contribution < -0.4 is 5.32 Å². The lowest BCUT2D eigenvalue weighted by molar-refractivity contribution is -0.123. The number of fused-ring (bicyclic) bond motifs is 1. The maximum Gasteiger partial charge on any atom is 0.293 e. The first-order valence-corrected chi connectivity index (χ1v) is 13.4. The molecule has 0 bridgehead atoms. The zero-order valence-electron chi connectivity index (χ0n) is 20.6. The van der Waals surface area contributed by atoms with Crippen molar-refractivity contribution in [3.05, 3.63) is 74.2 Å². The Morgan fingerprint density at radius 1 is 1.16 bits per heavy atom. The summed E-state index contributed by atoms with van der Waals surface area (Å²) in [4.78, 5) is 40.0. The van der Waals surface area contributed by atoms with Gasteiger partial charge in [-0.3, -0.25) is 19.3 Å². The molecule has 3 amide bonds. The van der Waals surface area contributed by atoms with E-state index >= 15 is 0 Å². The van der Waals surface area contributed by atoms with Gasteiger partial charge in [0.25, 0.3) is 11.1 Å². The molecule has 10 heteroatoms. The first-order valence-electron chi connectivity index (χ1n) is 11.9. The van der Waals surface area contributed by atoms with Gasteiger partial charge >= 0.3 is 0 Å². The molecule has 7 nitrogen and oxygen atoms in total. The van der Waals surface area contributed by atoms with Crippen molar-refractivity contribution < 1.29 is 19.1 Å². The van der Waals surface area contributed by atoms with Crippen LogP contribution in [0.25, 0.3) is 17.0 Å². The zero-order chi connectivity index (χ0) is 26.5. The first-order chi connectivity index (χ1) is 17.8. The third-order valence-electron chi connectivity index (χ3n) is 6.06. The van der Waals surface area contributed by atoms with Gasteiger partial charge in [0, 0.05) is 47.5 Å². The predicted molar refractivity (Wildman–Crippen MR) is 149 cm³/mol. The molecule has 1 fully saturated rings. The van der Waals surface area contributed by atoms with Crippen molar-refractivity contribution in [2.75, 3.05) is 20.3 Å². The van der Waals surface area contributed by atoms with Gasteiger partial charge in [0.1, 0.15) is 6.54 Å². The molecule has 2 heterocycles. The number of halogens is 2. The fourth-order valence-corrected chi connectivity index (χ4v) is 5.54. The van der Waals surface area contributed by atoms with Gasteiger partial charge in [0.2, 0.25) is 5.91 Å². The second kappa shape index (κ2) is 12.2. The average molecular weight is 561 g/mol. The van der Waals surface area contributed by atoms with Crippen molar-refractivity contribution in [3.8, 4) is 0 Å². The highest BCUT2D eigenvalue weighted by molar-refractivity contribution is 8.18. The number of aryl methyl sites for hydroxylation is 1. The van der Waals surface area contributed by atoms with Crippen LogP contribution in [0.15, 0.2) is 47.5 Å². The number of carbonyl (C=O) groups is 3. The molecule has 4 rings (SSSR count). The zero-order valence-corrected chi connectivity index (χ0v) is 22.9. The van der Waals surface area contributed by atoms with E-state index < -0.39 is 0 Å². The van der Waals surface area contributed by atoms with Crippen LogP contribution in [-0.2, 0) is 33.8 Å². The number of ether oxygens (including phenoxy) is 1. The number of amides is 3. The summed E-state index contributed by atoms with van der Waals surface area (Å²) in [6, 6.07) is 10.9. The minimum Gasteiger partial charge on any atom is -0.385 e. The number of rotatable bonds is 10. The molecule has 2 aromatic carbocycles. The van der Waals surface area contributed by atoms with Crippen LogP contribution in [0, 0.1) is 0 Å². The molecule has 3 aromatic rings. The van der Waals surface area contributed by atoms with Gasteiger partial charge in [-0.1, -0.05) is 54.4 Å². The second-order valence-electron chi connectivity index (χ2n) is 8.58. The summed E-state index contributed by atoms with van der Waals surface area (Å²) in [6.07, 6.45) is 5.11. The standard InChI is InChI=1S/C27H27Cl2N3O4S/c1-3-17-6-4-7-21-19(14-31(25(17)21)16-24(33)30-10-5-11-36-2)12-23-26(34)32(27(35)37-23)15-18-8-9-20(28)13-22(18)29/h4,6-9,12-14H,3,5,10-11,15-16H2,1-2H3,(H,30,33)/b23-12-. The number of carbonyl (C=O) groups excluding carboxylic acids is 3. The molecular formula is C27H27Cl2N3O4S. The largest absolute Gasteiger partial charge is 0.385 e.